The average molecular weight is 125 g/mol. The second-order valence-electron chi connectivity index (χ2n) is 3.39. The number of hydrogen-bond acceptors (Lipinski definition) is 1. The first-order valence-corrected chi connectivity index (χ1v) is 3.66. The first-order valence-electron chi connectivity index (χ1n) is 3.66. The molecule has 1 unspecified atom stereocenters. The Bertz CT molecular complexity index is 138. The molecular weight excluding hydrogens is 110 g/mol. The molecule has 0 saturated heterocycles. The first-order chi connectivity index (χ1) is 4.16. The molecule has 0 N–H and O–H groups in total. The van der Waals surface area contributed by atoms with Gasteiger partial charge in [-0.05, 0) is 25.2 Å². The van der Waals surface area contributed by atoms with Crippen LogP contribution in [0.2, 0.25) is 0 Å². The van der Waals surface area contributed by atoms with Crippen LogP contribution in [0.15, 0.2) is 4.99 Å². The maximum absolute atomic E-state index is 4.38. The lowest BCUT2D eigenvalue weighted by atomic mass is 9.85. The average Bonchev–Trinajstić information content (AvgIpc) is 2.13. The molecule has 0 aromatic rings. The summed E-state index contributed by atoms with van der Waals surface area (Å²) in [5, 5.41) is 0. The minimum absolute atomic E-state index is 0.504. The molecule has 9 heavy (non-hydrogen) atoms. The maximum Gasteiger partial charge on any atom is 0.0445 e. The molecule has 0 aromatic carbocycles. The minimum Gasteiger partial charge on any atom is -0.294 e. The molecule has 1 nitrogen and oxygen atoms in total. The van der Waals surface area contributed by atoms with Crippen molar-refractivity contribution in [2.75, 3.05) is 6.54 Å². The quantitative estimate of drug-likeness (QED) is 0.509. The second-order valence-corrected chi connectivity index (χ2v) is 3.39. The summed E-state index contributed by atoms with van der Waals surface area (Å²) >= 11 is 0. The number of hydrogen-bond donors (Lipinski definition) is 0. The van der Waals surface area contributed by atoms with Gasteiger partial charge in [-0.25, -0.2) is 0 Å². The van der Waals surface area contributed by atoms with Crippen LogP contribution < -0.4 is 0 Å². The molecule has 1 aliphatic rings. The third-order valence-electron chi connectivity index (χ3n) is 2.27. The standard InChI is InChI=1S/C8H15N/c1-4-8(3)5-7(2)9-6-8/h4-6H2,1-3H3. The molecule has 52 valence electrons. The molecule has 0 radical (unpaired) electrons. The van der Waals surface area contributed by atoms with Gasteiger partial charge in [0.15, 0.2) is 0 Å². The van der Waals surface area contributed by atoms with E-state index in [0.29, 0.717) is 5.41 Å². The van der Waals surface area contributed by atoms with Crippen LogP contribution in [-0.2, 0) is 0 Å². The van der Waals surface area contributed by atoms with E-state index < -0.39 is 0 Å². The van der Waals surface area contributed by atoms with Gasteiger partial charge in [0.25, 0.3) is 0 Å². The fraction of sp³-hybridized carbons (Fsp3) is 0.875. The Hall–Kier alpha value is -0.330. The largest absolute Gasteiger partial charge is 0.294 e. The Morgan fingerprint density at radius 2 is 2.33 bits per heavy atom. The molecule has 1 heteroatoms. The highest BCUT2D eigenvalue weighted by Crippen LogP contribution is 2.30. The van der Waals surface area contributed by atoms with E-state index in [1.807, 2.05) is 0 Å². The van der Waals surface area contributed by atoms with Gasteiger partial charge < -0.3 is 0 Å². The van der Waals surface area contributed by atoms with Crippen LogP contribution in [-0.4, -0.2) is 12.3 Å². The Balaban J connectivity index is 2.53. The lowest BCUT2D eigenvalue weighted by Gasteiger charge is -2.18. The molecular formula is C8H15N. The summed E-state index contributed by atoms with van der Waals surface area (Å²) < 4.78 is 0. The fourth-order valence-electron chi connectivity index (χ4n) is 1.29. The Labute approximate surface area is 57.2 Å². The van der Waals surface area contributed by atoms with Gasteiger partial charge in [-0.2, -0.15) is 0 Å². The topological polar surface area (TPSA) is 12.4 Å². The summed E-state index contributed by atoms with van der Waals surface area (Å²) in [6.07, 6.45) is 2.47. The zero-order valence-electron chi connectivity index (χ0n) is 6.57. The number of nitrogens with zero attached hydrogens (tertiary/aromatic N) is 1. The van der Waals surface area contributed by atoms with Gasteiger partial charge in [-0.1, -0.05) is 13.8 Å². The number of rotatable bonds is 1. The normalized spacial score (nSPS) is 34.8. The van der Waals surface area contributed by atoms with Crippen LogP contribution in [0.4, 0.5) is 0 Å². The SMILES string of the molecule is CCC1(C)CN=C(C)C1. The third kappa shape index (κ3) is 1.32. The van der Waals surface area contributed by atoms with E-state index in [1.165, 1.54) is 18.6 Å². The predicted octanol–water partition coefficient (Wildman–Crippen LogP) is 2.27. The molecule has 0 amide bonds. The molecule has 0 spiro atoms. The van der Waals surface area contributed by atoms with Crippen molar-refractivity contribution in [2.24, 2.45) is 10.4 Å². The van der Waals surface area contributed by atoms with E-state index in [9.17, 15) is 0 Å². The summed E-state index contributed by atoms with van der Waals surface area (Å²) in [5.41, 5.74) is 1.84. The highest BCUT2D eigenvalue weighted by Gasteiger charge is 2.26. The second kappa shape index (κ2) is 2.13. The van der Waals surface area contributed by atoms with E-state index in [1.54, 1.807) is 0 Å². The molecule has 1 rings (SSSR count). The molecule has 0 bridgehead atoms. The van der Waals surface area contributed by atoms with Crippen LogP contribution in [0.25, 0.3) is 0 Å². The van der Waals surface area contributed by atoms with Crippen molar-refractivity contribution in [2.45, 2.75) is 33.6 Å². The Morgan fingerprint density at radius 3 is 2.56 bits per heavy atom. The van der Waals surface area contributed by atoms with Crippen molar-refractivity contribution in [3.63, 3.8) is 0 Å². The zero-order chi connectivity index (χ0) is 6.91. The summed E-state index contributed by atoms with van der Waals surface area (Å²) in [5.74, 6) is 0. The minimum atomic E-state index is 0.504. The van der Waals surface area contributed by atoms with Crippen molar-refractivity contribution in [3.8, 4) is 0 Å². The Morgan fingerprint density at radius 1 is 1.67 bits per heavy atom. The lowest BCUT2D eigenvalue weighted by molar-refractivity contribution is 0.359. The van der Waals surface area contributed by atoms with Gasteiger partial charge in [0, 0.05) is 12.3 Å². The molecule has 1 heterocycles. The van der Waals surface area contributed by atoms with Crippen LogP contribution in [0.1, 0.15) is 33.6 Å². The summed E-state index contributed by atoms with van der Waals surface area (Å²) in [7, 11) is 0. The van der Waals surface area contributed by atoms with Gasteiger partial charge in [0.1, 0.15) is 0 Å². The van der Waals surface area contributed by atoms with E-state index in [4.69, 9.17) is 0 Å². The van der Waals surface area contributed by atoms with E-state index in [2.05, 4.69) is 25.8 Å². The van der Waals surface area contributed by atoms with Crippen LogP contribution in [0.5, 0.6) is 0 Å². The fourth-order valence-corrected chi connectivity index (χ4v) is 1.29. The highest BCUT2D eigenvalue weighted by molar-refractivity contribution is 5.84. The van der Waals surface area contributed by atoms with E-state index >= 15 is 0 Å². The molecule has 0 aliphatic carbocycles. The van der Waals surface area contributed by atoms with Gasteiger partial charge in [-0.3, -0.25) is 4.99 Å². The van der Waals surface area contributed by atoms with Gasteiger partial charge in [0.2, 0.25) is 0 Å². The summed E-state index contributed by atoms with van der Waals surface area (Å²) in [4.78, 5) is 4.38. The van der Waals surface area contributed by atoms with Crippen molar-refractivity contribution in [1.29, 1.82) is 0 Å². The molecule has 0 aromatic heterocycles. The smallest absolute Gasteiger partial charge is 0.0445 e. The Kier molecular flexibility index (Phi) is 1.60. The van der Waals surface area contributed by atoms with Crippen molar-refractivity contribution >= 4 is 5.71 Å². The van der Waals surface area contributed by atoms with Crippen molar-refractivity contribution in [3.05, 3.63) is 0 Å². The number of aliphatic imine (C=N–C) groups is 1. The van der Waals surface area contributed by atoms with Crippen LogP contribution in [0, 0.1) is 5.41 Å². The van der Waals surface area contributed by atoms with Crippen LogP contribution >= 0.6 is 0 Å². The predicted molar refractivity (Wildman–Crippen MR) is 41.0 cm³/mol. The van der Waals surface area contributed by atoms with Crippen LogP contribution in [0.3, 0.4) is 0 Å². The zero-order valence-corrected chi connectivity index (χ0v) is 6.57. The van der Waals surface area contributed by atoms with Gasteiger partial charge in [-0.15, -0.1) is 0 Å². The van der Waals surface area contributed by atoms with Crippen molar-refractivity contribution in [1.82, 2.24) is 0 Å². The van der Waals surface area contributed by atoms with E-state index in [-0.39, 0.29) is 0 Å². The first kappa shape index (κ1) is 6.79. The lowest BCUT2D eigenvalue weighted by Crippen LogP contribution is -2.15. The molecule has 1 atom stereocenters. The van der Waals surface area contributed by atoms with Crippen molar-refractivity contribution < 1.29 is 0 Å². The molecule has 1 aliphatic heterocycles. The summed E-state index contributed by atoms with van der Waals surface area (Å²) in [6, 6.07) is 0. The summed E-state index contributed by atoms with van der Waals surface area (Å²) in [6.45, 7) is 7.73. The molecule has 0 saturated carbocycles. The van der Waals surface area contributed by atoms with Gasteiger partial charge >= 0.3 is 0 Å². The third-order valence-corrected chi connectivity index (χ3v) is 2.27. The molecule has 0 fully saturated rings. The monoisotopic (exact) mass is 125 g/mol. The highest BCUT2D eigenvalue weighted by atomic mass is 14.8. The van der Waals surface area contributed by atoms with Gasteiger partial charge in [0.05, 0.1) is 0 Å². The maximum atomic E-state index is 4.38. The van der Waals surface area contributed by atoms with E-state index in [0.717, 1.165) is 6.54 Å².